The Hall–Kier alpha value is -1.62. The van der Waals surface area contributed by atoms with Gasteiger partial charge < -0.3 is 15.7 Å². The van der Waals surface area contributed by atoms with Crippen molar-refractivity contribution in [2.45, 2.75) is 45.6 Å². The van der Waals surface area contributed by atoms with E-state index in [9.17, 15) is 14.7 Å². The summed E-state index contributed by atoms with van der Waals surface area (Å²) >= 11 is 0. The van der Waals surface area contributed by atoms with Crippen LogP contribution in [0.4, 0.5) is 0 Å². The van der Waals surface area contributed by atoms with Crippen molar-refractivity contribution in [3.05, 3.63) is 24.3 Å². The molecule has 0 fully saturated rings. The summed E-state index contributed by atoms with van der Waals surface area (Å²) in [5.74, 6) is -0.195. The van der Waals surface area contributed by atoms with Gasteiger partial charge in [0.05, 0.1) is 6.10 Å². The smallest absolute Gasteiger partial charge is 0.243 e. The Labute approximate surface area is 121 Å². The molecule has 5 heteroatoms. The molecule has 0 aliphatic heterocycles. The zero-order valence-corrected chi connectivity index (χ0v) is 12.4. The molecule has 0 aromatic carbocycles. The summed E-state index contributed by atoms with van der Waals surface area (Å²) in [5.41, 5.74) is 0. The van der Waals surface area contributed by atoms with Crippen LogP contribution in [0.15, 0.2) is 24.3 Å². The van der Waals surface area contributed by atoms with Crippen molar-refractivity contribution in [2.75, 3.05) is 13.1 Å². The molecule has 1 atom stereocenters. The second kappa shape index (κ2) is 12.4. The number of aliphatic hydroxyl groups excluding tert-OH is 1. The van der Waals surface area contributed by atoms with Crippen LogP contribution in [-0.4, -0.2) is 36.1 Å². The lowest BCUT2D eigenvalue weighted by Crippen LogP contribution is -2.29. The first-order valence-corrected chi connectivity index (χ1v) is 7.10. The minimum absolute atomic E-state index is 0.0386. The van der Waals surface area contributed by atoms with E-state index < -0.39 is 6.10 Å². The van der Waals surface area contributed by atoms with Crippen LogP contribution in [0.25, 0.3) is 0 Å². The Balaban J connectivity index is 3.58. The van der Waals surface area contributed by atoms with Crippen molar-refractivity contribution in [1.82, 2.24) is 10.6 Å². The minimum atomic E-state index is -0.521. The molecule has 0 rings (SSSR count). The SMILES string of the molecule is C/C=C/C(=O)NCCC(O)CCNC(=O)C/C=C\CC. The highest BCUT2D eigenvalue weighted by atomic mass is 16.3. The molecule has 0 bridgehead atoms. The second-order valence-electron chi connectivity index (χ2n) is 4.46. The van der Waals surface area contributed by atoms with Gasteiger partial charge in [-0.25, -0.2) is 0 Å². The molecule has 20 heavy (non-hydrogen) atoms. The van der Waals surface area contributed by atoms with Crippen molar-refractivity contribution >= 4 is 11.8 Å². The highest BCUT2D eigenvalue weighted by Crippen LogP contribution is 1.96. The molecule has 0 spiro atoms. The molecule has 114 valence electrons. The highest BCUT2D eigenvalue weighted by Gasteiger charge is 2.05. The molecule has 0 aromatic heterocycles. The van der Waals surface area contributed by atoms with Gasteiger partial charge in [-0.1, -0.05) is 25.2 Å². The van der Waals surface area contributed by atoms with Gasteiger partial charge in [0.15, 0.2) is 0 Å². The van der Waals surface area contributed by atoms with E-state index in [1.54, 1.807) is 13.0 Å². The van der Waals surface area contributed by atoms with E-state index in [-0.39, 0.29) is 11.8 Å². The lowest BCUT2D eigenvalue weighted by Gasteiger charge is -2.11. The molecular formula is C15H26N2O3. The molecule has 0 aliphatic rings. The summed E-state index contributed by atoms with van der Waals surface area (Å²) in [6.07, 6.45) is 8.63. The van der Waals surface area contributed by atoms with Gasteiger partial charge in [-0.3, -0.25) is 9.59 Å². The molecule has 3 N–H and O–H groups in total. The number of amides is 2. The number of aliphatic hydroxyl groups is 1. The Morgan fingerprint density at radius 2 is 1.80 bits per heavy atom. The Morgan fingerprint density at radius 3 is 2.40 bits per heavy atom. The van der Waals surface area contributed by atoms with E-state index >= 15 is 0 Å². The van der Waals surface area contributed by atoms with Crippen LogP contribution in [-0.2, 0) is 9.59 Å². The third kappa shape index (κ3) is 11.5. The molecule has 5 nitrogen and oxygen atoms in total. The normalized spacial score (nSPS) is 12.8. The fourth-order valence-corrected chi connectivity index (χ4v) is 1.52. The zero-order valence-electron chi connectivity index (χ0n) is 12.4. The van der Waals surface area contributed by atoms with Gasteiger partial charge in [0.1, 0.15) is 0 Å². The molecule has 0 saturated heterocycles. The molecule has 0 aliphatic carbocycles. The topological polar surface area (TPSA) is 78.4 Å². The van der Waals surface area contributed by atoms with Crippen LogP contribution < -0.4 is 10.6 Å². The first kappa shape index (κ1) is 18.4. The standard InChI is InChI=1S/C15H26N2O3/c1-3-5-6-8-15(20)17-12-10-13(18)9-11-16-14(19)7-4-2/h4-7,13,18H,3,8-12H2,1-2H3,(H,16,19)(H,17,20)/b6-5-,7-4+. The molecular weight excluding hydrogens is 256 g/mol. The van der Waals surface area contributed by atoms with Gasteiger partial charge in [0.2, 0.25) is 11.8 Å². The van der Waals surface area contributed by atoms with Crippen LogP contribution in [0.2, 0.25) is 0 Å². The van der Waals surface area contributed by atoms with Crippen LogP contribution in [0.5, 0.6) is 0 Å². The first-order chi connectivity index (χ1) is 9.60. The van der Waals surface area contributed by atoms with Crippen molar-refractivity contribution < 1.29 is 14.7 Å². The maximum Gasteiger partial charge on any atom is 0.243 e. The Morgan fingerprint density at radius 1 is 1.15 bits per heavy atom. The predicted molar refractivity (Wildman–Crippen MR) is 80.1 cm³/mol. The highest BCUT2D eigenvalue weighted by molar-refractivity contribution is 5.87. The lowest BCUT2D eigenvalue weighted by molar-refractivity contribution is -0.120. The summed E-state index contributed by atoms with van der Waals surface area (Å²) < 4.78 is 0. The number of hydrogen-bond donors (Lipinski definition) is 3. The van der Waals surface area contributed by atoms with Gasteiger partial charge in [0.25, 0.3) is 0 Å². The van der Waals surface area contributed by atoms with Crippen molar-refractivity contribution in [2.24, 2.45) is 0 Å². The van der Waals surface area contributed by atoms with Crippen molar-refractivity contribution in [3.8, 4) is 0 Å². The Bertz CT molecular complexity index is 338. The van der Waals surface area contributed by atoms with Crippen LogP contribution in [0.3, 0.4) is 0 Å². The molecule has 0 radical (unpaired) electrons. The zero-order chi connectivity index (χ0) is 15.2. The maximum atomic E-state index is 11.4. The third-order valence-electron chi connectivity index (χ3n) is 2.60. The van der Waals surface area contributed by atoms with Crippen LogP contribution >= 0.6 is 0 Å². The number of carbonyl (C=O) groups is 2. The summed E-state index contributed by atoms with van der Waals surface area (Å²) in [6.45, 7) is 4.66. The average molecular weight is 282 g/mol. The monoisotopic (exact) mass is 282 g/mol. The quantitative estimate of drug-likeness (QED) is 0.417. The predicted octanol–water partition coefficient (Wildman–Crippen LogP) is 1.29. The number of allylic oxidation sites excluding steroid dienone is 2. The van der Waals surface area contributed by atoms with Gasteiger partial charge in [-0.2, -0.15) is 0 Å². The van der Waals surface area contributed by atoms with Gasteiger partial charge in [0, 0.05) is 19.5 Å². The molecule has 2 amide bonds. The minimum Gasteiger partial charge on any atom is -0.393 e. The van der Waals surface area contributed by atoms with E-state index in [4.69, 9.17) is 0 Å². The van der Waals surface area contributed by atoms with E-state index in [1.807, 2.05) is 19.1 Å². The van der Waals surface area contributed by atoms with Crippen molar-refractivity contribution in [1.29, 1.82) is 0 Å². The number of rotatable bonds is 10. The fraction of sp³-hybridized carbons (Fsp3) is 0.600. The fourth-order valence-electron chi connectivity index (χ4n) is 1.52. The molecule has 0 aromatic rings. The summed E-state index contributed by atoms with van der Waals surface area (Å²) in [6, 6.07) is 0. The Kier molecular flexibility index (Phi) is 11.4. The number of carbonyl (C=O) groups excluding carboxylic acids is 2. The van der Waals surface area contributed by atoms with E-state index in [0.717, 1.165) is 6.42 Å². The summed E-state index contributed by atoms with van der Waals surface area (Å²) in [4.78, 5) is 22.5. The van der Waals surface area contributed by atoms with E-state index in [0.29, 0.717) is 32.4 Å². The number of hydrogen-bond acceptors (Lipinski definition) is 3. The average Bonchev–Trinajstić information content (AvgIpc) is 2.39. The van der Waals surface area contributed by atoms with Gasteiger partial charge in [-0.05, 0) is 32.3 Å². The van der Waals surface area contributed by atoms with Gasteiger partial charge >= 0.3 is 0 Å². The molecule has 0 heterocycles. The first-order valence-electron chi connectivity index (χ1n) is 7.10. The van der Waals surface area contributed by atoms with E-state index in [2.05, 4.69) is 10.6 Å². The van der Waals surface area contributed by atoms with Crippen LogP contribution in [0.1, 0.15) is 39.5 Å². The lowest BCUT2D eigenvalue weighted by atomic mass is 10.2. The maximum absolute atomic E-state index is 11.4. The number of nitrogens with one attached hydrogen (secondary N) is 2. The molecule has 0 saturated carbocycles. The largest absolute Gasteiger partial charge is 0.393 e. The third-order valence-corrected chi connectivity index (χ3v) is 2.60. The summed E-state index contributed by atoms with van der Waals surface area (Å²) in [7, 11) is 0. The van der Waals surface area contributed by atoms with Gasteiger partial charge in [-0.15, -0.1) is 0 Å². The van der Waals surface area contributed by atoms with Crippen LogP contribution in [0, 0.1) is 0 Å². The van der Waals surface area contributed by atoms with E-state index in [1.165, 1.54) is 6.08 Å². The second-order valence-corrected chi connectivity index (χ2v) is 4.46. The molecule has 1 unspecified atom stereocenters. The summed E-state index contributed by atoms with van der Waals surface area (Å²) in [5, 5.41) is 15.1. The van der Waals surface area contributed by atoms with Crippen molar-refractivity contribution in [3.63, 3.8) is 0 Å².